The van der Waals surface area contributed by atoms with Crippen LogP contribution in [0.15, 0.2) is 36.4 Å². The van der Waals surface area contributed by atoms with E-state index in [0.29, 0.717) is 15.7 Å². The highest BCUT2D eigenvalue weighted by Gasteiger charge is 2.10. The molecule has 0 saturated carbocycles. The number of hydrogen-bond donors (Lipinski definition) is 2. The van der Waals surface area contributed by atoms with Crippen LogP contribution in [0.1, 0.15) is 15.9 Å². The molecule has 0 unspecified atom stereocenters. The highest BCUT2D eigenvalue weighted by atomic mass is 35.5. The molecule has 0 spiro atoms. The predicted molar refractivity (Wildman–Crippen MR) is 77.1 cm³/mol. The van der Waals surface area contributed by atoms with Gasteiger partial charge >= 0.3 is 5.97 Å². The molecule has 0 saturated heterocycles. The number of rotatable bonds is 4. The minimum absolute atomic E-state index is 0.0217. The second-order valence-electron chi connectivity index (χ2n) is 4.06. The molecular weight excluding hydrogens is 304 g/mol. The Kier molecular flexibility index (Phi) is 4.47. The third-order valence-electron chi connectivity index (χ3n) is 2.71. The second-order valence-corrected chi connectivity index (χ2v) is 4.88. The lowest BCUT2D eigenvalue weighted by Crippen LogP contribution is -2.05. The van der Waals surface area contributed by atoms with Gasteiger partial charge in [0.1, 0.15) is 5.82 Å². The highest BCUT2D eigenvalue weighted by molar-refractivity contribution is 6.39. The van der Waals surface area contributed by atoms with Gasteiger partial charge in [0.25, 0.3) is 0 Å². The first-order valence-electron chi connectivity index (χ1n) is 5.68. The molecule has 0 heterocycles. The van der Waals surface area contributed by atoms with Crippen LogP contribution in [-0.4, -0.2) is 11.1 Å². The zero-order chi connectivity index (χ0) is 14.7. The quantitative estimate of drug-likeness (QED) is 0.877. The number of nitrogens with one attached hydrogen (secondary N) is 1. The zero-order valence-electron chi connectivity index (χ0n) is 10.2. The van der Waals surface area contributed by atoms with Crippen LogP contribution in [-0.2, 0) is 6.54 Å². The molecule has 0 fully saturated rings. The summed E-state index contributed by atoms with van der Waals surface area (Å²) < 4.78 is 13.6. The molecule has 0 aromatic heterocycles. The minimum Gasteiger partial charge on any atom is -0.478 e. The SMILES string of the molecule is O=C(O)c1ccc(F)c(CNc2c(Cl)cccc2Cl)c1. The van der Waals surface area contributed by atoms with Gasteiger partial charge in [-0.05, 0) is 30.3 Å². The average molecular weight is 314 g/mol. The first-order valence-corrected chi connectivity index (χ1v) is 6.44. The summed E-state index contributed by atoms with van der Waals surface area (Å²) in [4.78, 5) is 10.9. The van der Waals surface area contributed by atoms with Crippen molar-refractivity contribution in [2.24, 2.45) is 0 Å². The Hall–Kier alpha value is -1.78. The van der Waals surface area contributed by atoms with Crippen molar-refractivity contribution < 1.29 is 14.3 Å². The molecule has 0 aliphatic heterocycles. The summed E-state index contributed by atoms with van der Waals surface area (Å²) in [5.41, 5.74) is 0.727. The molecular formula is C14H10Cl2FNO2. The van der Waals surface area contributed by atoms with Crippen molar-refractivity contribution in [1.82, 2.24) is 0 Å². The van der Waals surface area contributed by atoms with E-state index >= 15 is 0 Å². The van der Waals surface area contributed by atoms with Crippen LogP contribution in [0.25, 0.3) is 0 Å². The topological polar surface area (TPSA) is 49.3 Å². The van der Waals surface area contributed by atoms with Crippen LogP contribution in [0.3, 0.4) is 0 Å². The van der Waals surface area contributed by atoms with Crippen molar-refractivity contribution in [1.29, 1.82) is 0 Å². The number of carbonyl (C=O) groups is 1. The number of carboxylic acid groups (broad SMARTS) is 1. The van der Waals surface area contributed by atoms with E-state index in [4.69, 9.17) is 28.3 Å². The van der Waals surface area contributed by atoms with Crippen LogP contribution >= 0.6 is 23.2 Å². The lowest BCUT2D eigenvalue weighted by atomic mass is 10.1. The highest BCUT2D eigenvalue weighted by Crippen LogP contribution is 2.30. The summed E-state index contributed by atoms with van der Waals surface area (Å²) in [6.07, 6.45) is 0. The van der Waals surface area contributed by atoms with E-state index in [9.17, 15) is 9.18 Å². The van der Waals surface area contributed by atoms with E-state index in [-0.39, 0.29) is 17.7 Å². The first kappa shape index (κ1) is 14.6. The normalized spacial score (nSPS) is 10.3. The number of carboxylic acids is 1. The second kappa shape index (κ2) is 6.11. The van der Waals surface area contributed by atoms with E-state index in [2.05, 4.69) is 5.32 Å². The number of aromatic carboxylic acids is 1. The standard InChI is InChI=1S/C14H10Cl2FNO2/c15-10-2-1-3-11(16)13(10)18-7-9-6-8(14(19)20)4-5-12(9)17/h1-6,18H,7H2,(H,19,20). The fourth-order valence-electron chi connectivity index (χ4n) is 1.69. The largest absolute Gasteiger partial charge is 0.478 e. The van der Waals surface area contributed by atoms with Crippen LogP contribution in [0.5, 0.6) is 0 Å². The maximum atomic E-state index is 13.6. The van der Waals surface area contributed by atoms with Gasteiger partial charge in [-0.2, -0.15) is 0 Å². The van der Waals surface area contributed by atoms with Crippen molar-refractivity contribution in [2.75, 3.05) is 5.32 Å². The van der Waals surface area contributed by atoms with Gasteiger partial charge in [-0.3, -0.25) is 0 Å². The molecule has 2 aromatic rings. The monoisotopic (exact) mass is 313 g/mol. The lowest BCUT2D eigenvalue weighted by Gasteiger charge is -2.11. The molecule has 104 valence electrons. The van der Waals surface area contributed by atoms with E-state index in [1.807, 2.05) is 0 Å². The number of hydrogen-bond acceptors (Lipinski definition) is 2. The summed E-state index contributed by atoms with van der Waals surface area (Å²) in [7, 11) is 0. The van der Waals surface area contributed by atoms with Crippen molar-refractivity contribution in [3.8, 4) is 0 Å². The van der Waals surface area contributed by atoms with Gasteiger partial charge in [0.2, 0.25) is 0 Å². The van der Waals surface area contributed by atoms with Crippen molar-refractivity contribution in [3.05, 3.63) is 63.4 Å². The molecule has 3 nitrogen and oxygen atoms in total. The molecule has 0 amide bonds. The van der Waals surface area contributed by atoms with Crippen molar-refractivity contribution >= 4 is 34.9 Å². The number of anilines is 1. The molecule has 2 N–H and O–H groups in total. The molecule has 0 aliphatic rings. The molecule has 20 heavy (non-hydrogen) atoms. The van der Waals surface area contributed by atoms with Gasteiger partial charge in [0, 0.05) is 12.1 Å². The number of benzene rings is 2. The number of halogens is 3. The molecule has 2 rings (SSSR count). The van der Waals surface area contributed by atoms with Crippen LogP contribution in [0.4, 0.5) is 10.1 Å². The summed E-state index contributed by atoms with van der Waals surface area (Å²) >= 11 is 12.0. The summed E-state index contributed by atoms with van der Waals surface area (Å²) in [6.45, 7) is 0.0798. The van der Waals surface area contributed by atoms with Crippen molar-refractivity contribution in [2.45, 2.75) is 6.54 Å². The van der Waals surface area contributed by atoms with Crippen molar-refractivity contribution in [3.63, 3.8) is 0 Å². The van der Waals surface area contributed by atoms with Gasteiger partial charge < -0.3 is 10.4 Å². The maximum Gasteiger partial charge on any atom is 0.335 e. The van der Waals surface area contributed by atoms with Crippen LogP contribution < -0.4 is 5.32 Å². The molecule has 6 heteroatoms. The third-order valence-corrected chi connectivity index (χ3v) is 3.34. The summed E-state index contributed by atoms with van der Waals surface area (Å²) in [6, 6.07) is 8.61. The number of para-hydroxylation sites is 1. The Labute approximate surface area is 124 Å². The molecule has 0 aliphatic carbocycles. The lowest BCUT2D eigenvalue weighted by molar-refractivity contribution is 0.0696. The Balaban J connectivity index is 2.23. The van der Waals surface area contributed by atoms with Gasteiger partial charge in [-0.15, -0.1) is 0 Å². The average Bonchev–Trinajstić information content (AvgIpc) is 2.39. The Morgan fingerprint density at radius 3 is 2.45 bits per heavy atom. The van der Waals surface area contributed by atoms with E-state index in [1.165, 1.54) is 12.1 Å². The summed E-state index contributed by atoms with van der Waals surface area (Å²) in [5.74, 6) is -1.60. The van der Waals surface area contributed by atoms with Gasteiger partial charge in [0.05, 0.1) is 21.3 Å². The van der Waals surface area contributed by atoms with Gasteiger partial charge in [0.15, 0.2) is 0 Å². The third kappa shape index (κ3) is 3.21. The summed E-state index contributed by atoms with van der Waals surface area (Å²) in [5, 5.41) is 12.6. The van der Waals surface area contributed by atoms with Gasteiger partial charge in [-0.1, -0.05) is 29.3 Å². The fourth-order valence-corrected chi connectivity index (χ4v) is 2.22. The van der Waals surface area contributed by atoms with Crippen LogP contribution in [0, 0.1) is 5.82 Å². The van der Waals surface area contributed by atoms with Crippen LogP contribution in [0.2, 0.25) is 10.0 Å². The maximum absolute atomic E-state index is 13.6. The smallest absolute Gasteiger partial charge is 0.335 e. The molecule has 0 bridgehead atoms. The molecule has 0 atom stereocenters. The van der Waals surface area contributed by atoms with E-state index in [0.717, 1.165) is 6.07 Å². The zero-order valence-corrected chi connectivity index (χ0v) is 11.7. The minimum atomic E-state index is -1.11. The Morgan fingerprint density at radius 1 is 1.20 bits per heavy atom. The van der Waals surface area contributed by atoms with E-state index < -0.39 is 11.8 Å². The Morgan fingerprint density at radius 2 is 1.85 bits per heavy atom. The Bertz CT molecular complexity index is 641. The molecule has 2 aromatic carbocycles. The van der Waals surface area contributed by atoms with Gasteiger partial charge in [-0.25, -0.2) is 9.18 Å². The van der Waals surface area contributed by atoms with E-state index in [1.54, 1.807) is 18.2 Å². The molecule has 0 radical (unpaired) electrons. The first-order chi connectivity index (χ1) is 9.49. The fraction of sp³-hybridized carbons (Fsp3) is 0.0714. The predicted octanol–water partition coefficient (Wildman–Crippen LogP) is 4.44.